The highest BCUT2D eigenvalue weighted by Gasteiger charge is 2.15. The fourth-order valence-electron chi connectivity index (χ4n) is 3.34. The third kappa shape index (κ3) is 3.54. The fourth-order valence-corrected chi connectivity index (χ4v) is 3.34. The van der Waals surface area contributed by atoms with E-state index in [1.54, 1.807) is 24.3 Å². The molecule has 27 heavy (non-hydrogen) atoms. The number of rotatable bonds is 3. The molecule has 0 bridgehead atoms. The van der Waals surface area contributed by atoms with E-state index in [2.05, 4.69) is 37.3 Å². The van der Waals surface area contributed by atoms with E-state index in [9.17, 15) is 0 Å². The average Bonchev–Trinajstić information content (AvgIpc) is 2.76. The first-order chi connectivity index (χ1) is 14.8. The lowest BCUT2D eigenvalue weighted by Gasteiger charge is -2.09. The van der Waals surface area contributed by atoms with E-state index in [0.29, 0.717) is 11.7 Å². The van der Waals surface area contributed by atoms with Gasteiger partial charge in [0.05, 0.1) is 0 Å². The largest absolute Gasteiger partial charge is 0.212 e. The Balaban J connectivity index is 1.76. The summed E-state index contributed by atoms with van der Waals surface area (Å²) >= 11 is 0. The van der Waals surface area contributed by atoms with Gasteiger partial charge in [0.1, 0.15) is 8.42 Å². The molecule has 0 saturated heterocycles. The zero-order valence-electron chi connectivity index (χ0n) is 19.5. The molecule has 1 nitrogen and oxygen atoms in total. The molecule has 0 N–H and O–H groups in total. The minimum absolute atomic E-state index is 0.303. The molecule has 4 aromatic rings. The summed E-state index contributed by atoms with van der Waals surface area (Å²) in [7, 11) is 1.90. The summed E-state index contributed by atoms with van der Waals surface area (Å²) in [6.07, 6.45) is 0.378. The second-order valence-electron chi connectivity index (χ2n) is 6.78. The van der Waals surface area contributed by atoms with Gasteiger partial charge in [0.2, 0.25) is 5.69 Å². The molecule has 0 radical (unpaired) electrons. The quantitative estimate of drug-likeness (QED) is 0.390. The Morgan fingerprint density at radius 2 is 1.41 bits per heavy atom. The lowest BCUT2D eigenvalue weighted by molar-refractivity contribution is -0.659. The molecule has 0 amide bonds. The number of pyridine rings is 1. The lowest BCUT2D eigenvalue weighted by Crippen LogP contribution is -2.30. The second-order valence-corrected chi connectivity index (χ2v) is 6.78. The summed E-state index contributed by atoms with van der Waals surface area (Å²) in [5.41, 5.74) is 7.38. The van der Waals surface area contributed by atoms with E-state index >= 15 is 0 Å². The highest BCUT2D eigenvalue weighted by Crippen LogP contribution is 2.28. The van der Waals surface area contributed by atoms with Crippen molar-refractivity contribution in [2.45, 2.75) is 13.8 Å². The van der Waals surface area contributed by atoms with Crippen molar-refractivity contribution in [2.75, 3.05) is 0 Å². The summed E-state index contributed by atoms with van der Waals surface area (Å²) in [6.45, 7) is -0.0483. The highest BCUT2D eigenvalue weighted by atomic mass is 14.9. The average molecular weight is 355 g/mol. The minimum Gasteiger partial charge on any atom is -0.200 e. The van der Waals surface area contributed by atoms with Crippen molar-refractivity contribution in [1.29, 1.82) is 0 Å². The van der Waals surface area contributed by atoms with E-state index in [4.69, 9.17) is 5.48 Å². The van der Waals surface area contributed by atoms with Crippen molar-refractivity contribution in [3.05, 3.63) is 102 Å². The normalized spacial score (nSPS) is 13.4. The molecule has 0 spiro atoms. The van der Waals surface area contributed by atoms with Crippen molar-refractivity contribution in [2.24, 2.45) is 7.05 Å². The van der Waals surface area contributed by atoms with Crippen molar-refractivity contribution >= 4 is 0 Å². The molecular weight excluding hydrogens is 326 g/mol. The Hall–Kier alpha value is -3.19. The first-order valence-electron chi connectivity index (χ1n) is 11.0. The van der Waals surface area contributed by atoms with Crippen LogP contribution in [0.15, 0.2) is 91.1 Å². The van der Waals surface area contributed by atoms with Crippen LogP contribution in [0.4, 0.5) is 0 Å². The first-order valence-corrected chi connectivity index (χ1v) is 9.03. The maximum atomic E-state index is 8.74. The predicted octanol–water partition coefficient (Wildman–Crippen LogP) is 6.13. The van der Waals surface area contributed by atoms with E-state index in [0.717, 1.165) is 39.1 Å². The van der Waals surface area contributed by atoms with Crippen LogP contribution in [-0.4, -0.2) is 0 Å². The van der Waals surface area contributed by atoms with Gasteiger partial charge in [-0.1, -0.05) is 72.3 Å². The van der Waals surface area contributed by atoms with Crippen LogP contribution in [0.1, 0.15) is 16.6 Å². The summed E-state index contributed by atoms with van der Waals surface area (Å²) in [5.74, 6) is 0. The molecular formula is C26H24N+. The molecule has 0 atom stereocenters. The number of benzene rings is 3. The first kappa shape index (κ1) is 13.1. The van der Waals surface area contributed by atoms with Crippen molar-refractivity contribution in [3.63, 3.8) is 0 Å². The van der Waals surface area contributed by atoms with Crippen molar-refractivity contribution in [1.82, 2.24) is 0 Å². The summed E-state index contributed by atoms with van der Waals surface area (Å²) < 4.78 is 33.2. The van der Waals surface area contributed by atoms with Gasteiger partial charge in [-0.3, -0.25) is 0 Å². The number of nitrogens with zero attached hydrogens (tertiary/aromatic N) is 1. The molecule has 1 heterocycles. The molecule has 132 valence electrons. The number of hydrogen-bond donors (Lipinski definition) is 0. The third-order valence-corrected chi connectivity index (χ3v) is 4.87. The molecule has 0 aliphatic rings. The highest BCUT2D eigenvalue weighted by molar-refractivity contribution is 5.73. The standard InChI is InChI=1S/C26H24N/c1-19-9-12-22(13-10-19)24-15-16-26(27(3)18-24)25-17-23(14-11-20(25)2)21-7-5-4-6-8-21/h4-18H,1-3H3/q+1/i1D3,18D. The Bertz CT molecular complexity index is 1230. The zero-order valence-corrected chi connectivity index (χ0v) is 15.5. The molecule has 0 fully saturated rings. The molecule has 4 rings (SSSR count). The zero-order chi connectivity index (χ0) is 22.2. The Labute approximate surface area is 167 Å². The van der Waals surface area contributed by atoms with E-state index in [1.165, 1.54) is 0 Å². The van der Waals surface area contributed by atoms with Gasteiger partial charge in [0.25, 0.3) is 0 Å². The van der Waals surface area contributed by atoms with Crippen molar-refractivity contribution < 1.29 is 10.1 Å². The Kier molecular flexibility index (Phi) is 3.48. The lowest BCUT2D eigenvalue weighted by atomic mass is 9.97. The monoisotopic (exact) mass is 354 g/mol. The maximum absolute atomic E-state index is 8.74. The Morgan fingerprint density at radius 1 is 0.741 bits per heavy atom. The number of aromatic nitrogens is 1. The maximum Gasteiger partial charge on any atom is 0.212 e. The van der Waals surface area contributed by atoms with Gasteiger partial charge in [-0.15, -0.1) is 0 Å². The molecule has 0 aliphatic heterocycles. The van der Waals surface area contributed by atoms with Gasteiger partial charge in [0.15, 0.2) is 6.17 Å². The van der Waals surface area contributed by atoms with Crippen LogP contribution in [-0.2, 0) is 7.05 Å². The fraction of sp³-hybridized carbons (Fsp3) is 0.115. The summed E-state index contributed by atoms with van der Waals surface area (Å²) in [6, 6.07) is 27.4. The number of hydrogen-bond acceptors (Lipinski definition) is 0. The van der Waals surface area contributed by atoms with Gasteiger partial charge >= 0.3 is 0 Å². The van der Waals surface area contributed by atoms with Gasteiger partial charge in [0, 0.05) is 21.3 Å². The number of aryl methyl sites for hydroxylation is 2. The van der Waals surface area contributed by atoms with Crippen molar-refractivity contribution in [3.8, 4) is 33.5 Å². The van der Waals surface area contributed by atoms with Gasteiger partial charge < -0.3 is 0 Å². The van der Waals surface area contributed by atoms with Crippen LogP contribution < -0.4 is 4.57 Å². The molecule has 1 aromatic heterocycles. The SMILES string of the molecule is [2H]c1c(-c2ccc(C([2H])([2H])[2H])cc2)ccc(-c2cc(-c3ccccc3)ccc2C)[n+]1C. The van der Waals surface area contributed by atoms with Crippen LogP contribution in [0.2, 0.25) is 0 Å². The second kappa shape index (κ2) is 7.20. The molecule has 0 aliphatic carbocycles. The van der Waals surface area contributed by atoms with Crippen LogP contribution in [0, 0.1) is 13.8 Å². The molecule has 1 heteroatoms. The summed E-state index contributed by atoms with van der Waals surface area (Å²) in [4.78, 5) is 0. The molecule has 3 aromatic carbocycles. The van der Waals surface area contributed by atoms with Gasteiger partial charge in [-0.25, -0.2) is 4.57 Å². The van der Waals surface area contributed by atoms with E-state index in [-0.39, 0.29) is 0 Å². The van der Waals surface area contributed by atoms with Crippen LogP contribution in [0.5, 0.6) is 0 Å². The van der Waals surface area contributed by atoms with E-state index in [1.807, 2.05) is 41.9 Å². The minimum atomic E-state index is -2.13. The molecule has 0 saturated carbocycles. The molecule has 0 unspecified atom stereocenters. The van der Waals surface area contributed by atoms with Gasteiger partial charge in [-0.2, -0.15) is 0 Å². The van der Waals surface area contributed by atoms with Crippen LogP contribution in [0.25, 0.3) is 33.5 Å². The topological polar surface area (TPSA) is 3.88 Å². The third-order valence-electron chi connectivity index (χ3n) is 4.87. The van der Waals surface area contributed by atoms with Gasteiger partial charge in [-0.05, 0) is 48.2 Å². The summed E-state index contributed by atoms with van der Waals surface area (Å²) in [5, 5.41) is 0. The predicted molar refractivity (Wildman–Crippen MR) is 113 cm³/mol. The Morgan fingerprint density at radius 3 is 2.15 bits per heavy atom. The van der Waals surface area contributed by atoms with Crippen LogP contribution in [0.3, 0.4) is 0 Å². The smallest absolute Gasteiger partial charge is 0.200 e. The van der Waals surface area contributed by atoms with Crippen LogP contribution >= 0.6 is 0 Å². The van der Waals surface area contributed by atoms with E-state index < -0.39 is 6.85 Å².